The van der Waals surface area contributed by atoms with Crippen molar-refractivity contribution in [3.8, 4) is 5.75 Å². The van der Waals surface area contributed by atoms with Gasteiger partial charge in [0.05, 0.1) is 9.83 Å². The number of aryl methyl sites for hydroxylation is 1. The van der Waals surface area contributed by atoms with E-state index in [0.29, 0.717) is 0 Å². The number of halogens is 1. The largest absolute Gasteiger partial charge is 0.492 e. The van der Waals surface area contributed by atoms with Gasteiger partial charge in [-0.05, 0) is 54.0 Å². The lowest BCUT2D eigenvalue weighted by molar-refractivity contribution is 0.287. The summed E-state index contributed by atoms with van der Waals surface area (Å²) >= 11 is 4.44. The minimum atomic E-state index is -3.49. The minimum absolute atomic E-state index is 0.273. The average molecular weight is 390 g/mol. The molecule has 0 aliphatic carbocycles. The standard InChI is InChI=1S/C14H16BrNO3S2/c1-10-3-5-12(6-4-10)19-9-11(2)16-21(17,18)14-8-7-13(15)20-14/h3-8,11,16H,9H2,1-2H3. The van der Waals surface area contributed by atoms with E-state index in [1.54, 1.807) is 19.1 Å². The van der Waals surface area contributed by atoms with E-state index in [4.69, 9.17) is 4.74 Å². The summed E-state index contributed by atoms with van der Waals surface area (Å²) in [5, 5.41) is 0. The quantitative estimate of drug-likeness (QED) is 0.821. The summed E-state index contributed by atoms with van der Waals surface area (Å²) in [5.74, 6) is 0.727. The molecule has 114 valence electrons. The zero-order valence-corrected chi connectivity index (χ0v) is 14.9. The van der Waals surface area contributed by atoms with Crippen molar-refractivity contribution in [2.75, 3.05) is 6.61 Å². The van der Waals surface area contributed by atoms with Gasteiger partial charge in [-0.2, -0.15) is 0 Å². The summed E-state index contributed by atoms with van der Waals surface area (Å²) in [4.78, 5) is 0. The summed E-state index contributed by atoms with van der Waals surface area (Å²) in [6.07, 6.45) is 0. The van der Waals surface area contributed by atoms with Gasteiger partial charge in [0.1, 0.15) is 16.6 Å². The molecule has 0 fully saturated rings. The molecule has 0 aliphatic heterocycles. The number of rotatable bonds is 6. The van der Waals surface area contributed by atoms with Crippen molar-refractivity contribution >= 4 is 37.3 Å². The smallest absolute Gasteiger partial charge is 0.250 e. The Balaban J connectivity index is 1.92. The predicted octanol–water partition coefficient (Wildman–Crippen LogP) is 3.56. The fourth-order valence-corrected chi connectivity index (χ4v) is 4.91. The molecule has 21 heavy (non-hydrogen) atoms. The number of sulfonamides is 1. The van der Waals surface area contributed by atoms with E-state index < -0.39 is 10.0 Å². The molecule has 1 aromatic heterocycles. The van der Waals surface area contributed by atoms with Crippen molar-refractivity contribution in [1.29, 1.82) is 0 Å². The highest BCUT2D eigenvalue weighted by atomic mass is 79.9. The van der Waals surface area contributed by atoms with Crippen LogP contribution in [0.15, 0.2) is 44.4 Å². The molecule has 0 saturated carbocycles. The molecule has 0 saturated heterocycles. The van der Waals surface area contributed by atoms with Crippen molar-refractivity contribution < 1.29 is 13.2 Å². The normalized spacial score (nSPS) is 13.1. The van der Waals surface area contributed by atoms with E-state index in [2.05, 4.69) is 20.7 Å². The maximum Gasteiger partial charge on any atom is 0.250 e. The van der Waals surface area contributed by atoms with E-state index in [0.717, 1.165) is 15.1 Å². The van der Waals surface area contributed by atoms with Gasteiger partial charge in [-0.3, -0.25) is 0 Å². The zero-order chi connectivity index (χ0) is 15.5. The molecule has 1 atom stereocenters. The summed E-state index contributed by atoms with van der Waals surface area (Å²) < 4.78 is 33.5. The van der Waals surface area contributed by atoms with Gasteiger partial charge in [-0.1, -0.05) is 17.7 Å². The molecule has 0 spiro atoms. The third kappa shape index (κ3) is 4.81. The summed E-state index contributed by atoms with van der Waals surface area (Å²) in [6, 6.07) is 10.6. The second-order valence-corrected chi connectivity index (χ2v) is 9.11. The molecular formula is C14H16BrNO3S2. The van der Waals surface area contributed by atoms with Gasteiger partial charge >= 0.3 is 0 Å². The molecule has 1 unspecified atom stereocenters. The maximum absolute atomic E-state index is 12.1. The lowest BCUT2D eigenvalue weighted by atomic mass is 10.2. The number of nitrogens with one attached hydrogen (secondary N) is 1. The Morgan fingerprint density at radius 2 is 1.90 bits per heavy atom. The van der Waals surface area contributed by atoms with Crippen molar-refractivity contribution in [3.05, 3.63) is 45.7 Å². The Hall–Kier alpha value is -0.890. The lowest BCUT2D eigenvalue weighted by Gasteiger charge is -2.14. The van der Waals surface area contributed by atoms with E-state index in [-0.39, 0.29) is 16.9 Å². The Morgan fingerprint density at radius 1 is 1.24 bits per heavy atom. The fourth-order valence-electron chi connectivity index (χ4n) is 1.65. The number of hydrogen-bond acceptors (Lipinski definition) is 4. The predicted molar refractivity (Wildman–Crippen MR) is 88.5 cm³/mol. The summed E-state index contributed by atoms with van der Waals surface area (Å²) in [6.45, 7) is 4.04. The van der Waals surface area contributed by atoms with Gasteiger partial charge < -0.3 is 4.74 Å². The minimum Gasteiger partial charge on any atom is -0.492 e. The van der Waals surface area contributed by atoms with Crippen LogP contribution in [0, 0.1) is 6.92 Å². The highest BCUT2D eigenvalue weighted by Crippen LogP contribution is 2.26. The van der Waals surface area contributed by atoms with Crippen LogP contribution >= 0.6 is 27.3 Å². The van der Waals surface area contributed by atoms with E-state index >= 15 is 0 Å². The Morgan fingerprint density at radius 3 is 2.48 bits per heavy atom. The highest BCUT2D eigenvalue weighted by Gasteiger charge is 2.19. The van der Waals surface area contributed by atoms with Gasteiger partial charge in [0.2, 0.25) is 10.0 Å². The van der Waals surface area contributed by atoms with Crippen molar-refractivity contribution in [2.24, 2.45) is 0 Å². The van der Waals surface area contributed by atoms with E-state index in [9.17, 15) is 8.42 Å². The summed E-state index contributed by atoms with van der Waals surface area (Å²) in [7, 11) is -3.49. The van der Waals surface area contributed by atoms with Crippen LogP contribution in [0.3, 0.4) is 0 Å². The third-order valence-electron chi connectivity index (χ3n) is 2.69. The van der Waals surface area contributed by atoms with Crippen LogP contribution in [-0.4, -0.2) is 21.1 Å². The third-order valence-corrected chi connectivity index (χ3v) is 6.40. The first-order valence-electron chi connectivity index (χ1n) is 6.34. The molecule has 4 nitrogen and oxygen atoms in total. The van der Waals surface area contributed by atoms with Crippen LogP contribution in [-0.2, 0) is 10.0 Å². The number of benzene rings is 1. The van der Waals surface area contributed by atoms with Gasteiger partial charge in [0.25, 0.3) is 0 Å². The van der Waals surface area contributed by atoms with Crippen LogP contribution in [0.5, 0.6) is 5.75 Å². The molecule has 1 heterocycles. The van der Waals surface area contributed by atoms with Gasteiger partial charge in [-0.25, -0.2) is 13.1 Å². The van der Waals surface area contributed by atoms with E-state index in [1.165, 1.54) is 11.3 Å². The first-order valence-corrected chi connectivity index (χ1v) is 9.43. The first-order chi connectivity index (χ1) is 9.87. The molecule has 2 aromatic rings. The van der Waals surface area contributed by atoms with Crippen molar-refractivity contribution in [3.63, 3.8) is 0 Å². The SMILES string of the molecule is Cc1ccc(OCC(C)NS(=O)(=O)c2ccc(Br)s2)cc1. The van der Waals surface area contributed by atoms with Crippen LogP contribution < -0.4 is 9.46 Å². The second kappa shape index (κ2) is 6.91. The van der Waals surface area contributed by atoms with Crippen molar-refractivity contribution in [1.82, 2.24) is 4.72 Å². The first kappa shape index (κ1) is 16.5. The molecule has 0 radical (unpaired) electrons. The van der Waals surface area contributed by atoms with Crippen LogP contribution in [0.4, 0.5) is 0 Å². The number of thiophene rings is 1. The molecule has 1 N–H and O–H groups in total. The maximum atomic E-state index is 12.1. The Bertz CT molecular complexity index is 695. The number of hydrogen-bond donors (Lipinski definition) is 1. The molecule has 0 bridgehead atoms. The molecule has 1 aromatic carbocycles. The summed E-state index contributed by atoms with van der Waals surface area (Å²) in [5.41, 5.74) is 1.15. The number of ether oxygens (including phenoxy) is 1. The zero-order valence-electron chi connectivity index (χ0n) is 11.7. The average Bonchev–Trinajstić information content (AvgIpc) is 2.85. The van der Waals surface area contributed by atoms with Gasteiger partial charge in [0, 0.05) is 0 Å². The van der Waals surface area contributed by atoms with E-state index in [1.807, 2.05) is 31.2 Å². The van der Waals surface area contributed by atoms with Crippen LogP contribution in [0.1, 0.15) is 12.5 Å². The second-order valence-electron chi connectivity index (χ2n) is 4.70. The Kier molecular flexibility index (Phi) is 5.43. The molecule has 0 amide bonds. The molecule has 2 rings (SSSR count). The highest BCUT2D eigenvalue weighted by molar-refractivity contribution is 9.11. The van der Waals surface area contributed by atoms with Crippen LogP contribution in [0.25, 0.3) is 0 Å². The lowest BCUT2D eigenvalue weighted by Crippen LogP contribution is -2.36. The van der Waals surface area contributed by atoms with Gasteiger partial charge in [0.15, 0.2) is 0 Å². The molecule has 7 heteroatoms. The topological polar surface area (TPSA) is 55.4 Å². The molecule has 0 aliphatic rings. The van der Waals surface area contributed by atoms with Crippen molar-refractivity contribution in [2.45, 2.75) is 24.1 Å². The van der Waals surface area contributed by atoms with Gasteiger partial charge in [-0.15, -0.1) is 11.3 Å². The molecular weight excluding hydrogens is 374 g/mol. The monoisotopic (exact) mass is 389 g/mol. The fraction of sp³-hybridized carbons (Fsp3) is 0.286. The Labute approximate surface area is 137 Å². The van der Waals surface area contributed by atoms with Crippen LogP contribution in [0.2, 0.25) is 0 Å².